The summed E-state index contributed by atoms with van der Waals surface area (Å²) in [6, 6.07) is 21.9. The van der Waals surface area contributed by atoms with Crippen molar-refractivity contribution in [3.63, 3.8) is 0 Å². The third-order valence-corrected chi connectivity index (χ3v) is 13.9. The van der Waals surface area contributed by atoms with E-state index in [0.29, 0.717) is 42.9 Å². The Morgan fingerprint density at radius 3 is 2.65 bits per heavy atom. The third-order valence-electron chi connectivity index (χ3n) is 12.6. The second-order valence-corrected chi connectivity index (χ2v) is 18.4. The van der Waals surface area contributed by atoms with Gasteiger partial charge in [0.15, 0.2) is 0 Å². The zero-order chi connectivity index (χ0) is 42.0. The lowest BCUT2D eigenvalue weighted by molar-refractivity contribution is -0.384. The molecule has 2 atom stereocenters. The number of rotatable bonds is 13. The number of H-pyrrole nitrogens is 1. The van der Waals surface area contributed by atoms with Gasteiger partial charge in [-0.2, -0.15) is 0 Å². The van der Waals surface area contributed by atoms with Gasteiger partial charge in [0, 0.05) is 36.3 Å². The van der Waals surface area contributed by atoms with Gasteiger partial charge in [-0.15, -0.1) is 0 Å². The molecule has 0 bridgehead atoms. The SMILES string of the molecule is CCc1ccccc1[C@@H]1CCCN1C1CC=C(c2ccc(C(=O)NS(=O)(=O)c3ccc(NCC4CCC(C)(O)CC4)c([N+](=O)[O-])c3)c(Oc3cnc4[nH]ccc4c3)c2)CC1. The molecule has 3 aliphatic rings. The number of aromatic amines is 1. The Bertz CT molecular complexity index is 2540. The molecule has 1 saturated heterocycles. The number of nitrogens with one attached hydrogen (secondary N) is 3. The number of nitro benzene ring substituents is 1. The van der Waals surface area contributed by atoms with Gasteiger partial charge in [-0.3, -0.25) is 19.8 Å². The number of pyridine rings is 1. The lowest BCUT2D eigenvalue weighted by atomic mass is 9.80. The fourth-order valence-electron chi connectivity index (χ4n) is 9.19. The van der Waals surface area contributed by atoms with Crippen LogP contribution in [0.1, 0.15) is 105 Å². The topological polar surface area (TPSA) is 180 Å². The molecule has 1 amide bonds. The monoisotopic (exact) mass is 832 g/mol. The molecule has 1 saturated carbocycles. The highest BCUT2D eigenvalue weighted by Gasteiger charge is 2.34. The van der Waals surface area contributed by atoms with E-state index in [-0.39, 0.29) is 22.9 Å². The maximum absolute atomic E-state index is 13.9. The van der Waals surface area contributed by atoms with Crippen LogP contribution in [-0.2, 0) is 16.4 Å². The van der Waals surface area contributed by atoms with Crippen LogP contribution in [0.25, 0.3) is 16.6 Å². The normalized spacial score (nSPS) is 22.3. The number of carbonyl (C=O) groups is 1. The number of aryl methyl sites for hydroxylation is 1. The molecule has 3 heterocycles. The number of sulfonamides is 1. The van der Waals surface area contributed by atoms with Gasteiger partial charge >= 0.3 is 0 Å². The van der Waals surface area contributed by atoms with Crippen molar-refractivity contribution in [1.29, 1.82) is 0 Å². The number of aromatic nitrogens is 2. The molecule has 4 N–H and O–H groups in total. The number of ether oxygens (including phenoxy) is 1. The quantitative estimate of drug-likeness (QED) is 0.0661. The number of benzene rings is 3. The number of anilines is 1. The number of nitrogens with zero attached hydrogens (tertiary/aromatic N) is 3. The minimum atomic E-state index is -4.56. The predicted octanol–water partition coefficient (Wildman–Crippen LogP) is 9.07. The standard InChI is InChI=1S/C46H52N6O7S/c1-3-31-7-4-5-8-38(31)41-9-6-24-51(41)35-13-10-32(11-14-35)33-12-16-39(43(26-33)59-36-25-34-20-23-47-44(34)49-29-36)45(53)50-60(57,58)37-15-17-40(42(27-37)52(55)56)48-28-30-18-21-46(2,54)22-19-30/h4-5,7-8,10,12,15-17,20,23,25-27,29-30,35,41,48,54H,3,6,9,11,13-14,18-19,21-22,24,28H2,1-2H3,(H,47,49)(H,50,53)/t30?,35?,41-,46?/m0/s1. The molecule has 314 valence electrons. The molecular weight excluding hydrogens is 781 g/mol. The summed E-state index contributed by atoms with van der Waals surface area (Å²) in [6.45, 7) is 5.54. The van der Waals surface area contributed by atoms with Gasteiger partial charge in [-0.05, 0) is 142 Å². The molecule has 1 aliphatic heterocycles. The Morgan fingerprint density at radius 1 is 1.07 bits per heavy atom. The van der Waals surface area contributed by atoms with E-state index in [9.17, 15) is 28.4 Å². The van der Waals surface area contributed by atoms with E-state index in [0.717, 1.165) is 74.1 Å². The molecule has 1 unspecified atom stereocenters. The molecule has 0 radical (unpaired) electrons. The number of likely N-dealkylation sites (tertiary alicyclic amines) is 1. The van der Waals surface area contributed by atoms with Crippen molar-refractivity contribution < 1.29 is 28.0 Å². The lowest BCUT2D eigenvalue weighted by Crippen LogP contribution is -2.36. The molecule has 14 heteroatoms. The van der Waals surface area contributed by atoms with E-state index in [1.54, 1.807) is 24.4 Å². The van der Waals surface area contributed by atoms with Crippen LogP contribution in [-0.4, -0.2) is 64.0 Å². The van der Waals surface area contributed by atoms with Crippen LogP contribution in [0.5, 0.6) is 11.5 Å². The fourth-order valence-corrected chi connectivity index (χ4v) is 10.2. The van der Waals surface area contributed by atoms with Crippen molar-refractivity contribution in [2.75, 3.05) is 18.4 Å². The first-order valence-corrected chi connectivity index (χ1v) is 22.5. The molecule has 13 nitrogen and oxygen atoms in total. The summed E-state index contributed by atoms with van der Waals surface area (Å²) in [5, 5.41) is 26.3. The van der Waals surface area contributed by atoms with E-state index in [4.69, 9.17) is 4.74 Å². The molecule has 2 aromatic heterocycles. The van der Waals surface area contributed by atoms with Crippen LogP contribution in [0.3, 0.4) is 0 Å². The molecule has 2 aliphatic carbocycles. The highest BCUT2D eigenvalue weighted by molar-refractivity contribution is 7.90. The van der Waals surface area contributed by atoms with Gasteiger partial charge in [-0.1, -0.05) is 43.3 Å². The van der Waals surface area contributed by atoms with Crippen LogP contribution in [0.2, 0.25) is 0 Å². The van der Waals surface area contributed by atoms with Gasteiger partial charge in [-0.25, -0.2) is 18.1 Å². The summed E-state index contributed by atoms with van der Waals surface area (Å²) in [5.74, 6) is -0.237. The maximum Gasteiger partial charge on any atom is 0.293 e. The number of allylic oxidation sites excluding steroid dienone is 1. The lowest BCUT2D eigenvalue weighted by Gasteiger charge is -2.36. The molecular formula is C46H52N6O7S. The third kappa shape index (κ3) is 8.96. The second kappa shape index (κ2) is 17.2. The van der Waals surface area contributed by atoms with Gasteiger partial charge in [0.2, 0.25) is 0 Å². The number of carbonyl (C=O) groups excluding carboxylic acids is 1. The Balaban J connectivity index is 1.02. The van der Waals surface area contributed by atoms with Crippen molar-refractivity contribution in [3.05, 3.63) is 124 Å². The second-order valence-electron chi connectivity index (χ2n) is 16.7. The number of hydrogen-bond donors (Lipinski definition) is 4. The summed E-state index contributed by atoms with van der Waals surface area (Å²) >= 11 is 0. The number of fused-ring (bicyclic) bond motifs is 1. The largest absolute Gasteiger partial charge is 0.455 e. The van der Waals surface area contributed by atoms with E-state index in [2.05, 4.69) is 62.2 Å². The summed E-state index contributed by atoms with van der Waals surface area (Å²) in [4.78, 5) is 35.1. The number of aliphatic hydroxyl groups is 1. The fraction of sp³-hybridized carbons (Fsp3) is 0.391. The Hall–Kier alpha value is -5.57. The average molecular weight is 833 g/mol. The van der Waals surface area contributed by atoms with Gasteiger partial charge in [0.1, 0.15) is 22.8 Å². The van der Waals surface area contributed by atoms with E-state index in [1.165, 1.54) is 35.9 Å². The predicted molar refractivity (Wildman–Crippen MR) is 232 cm³/mol. The van der Waals surface area contributed by atoms with Crippen LogP contribution in [0, 0.1) is 16.0 Å². The van der Waals surface area contributed by atoms with E-state index in [1.807, 2.05) is 19.1 Å². The first-order chi connectivity index (χ1) is 28.9. The highest BCUT2D eigenvalue weighted by atomic mass is 32.2. The Kier molecular flexibility index (Phi) is 11.8. The van der Waals surface area contributed by atoms with Crippen LogP contribution in [0.15, 0.2) is 96.2 Å². The summed E-state index contributed by atoms with van der Waals surface area (Å²) in [5.41, 5.74) is 4.51. The van der Waals surface area contributed by atoms with Crippen molar-refractivity contribution >= 4 is 43.9 Å². The molecule has 5 aromatic rings. The molecule has 3 aromatic carbocycles. The van der Waals surface area contributed by atoms with Gasteiger partial charge in [0.05, 0.1) is 27.2 Å². The number of hydrogen-bond acceptors (Lipinski definition) is 10. The average Bonchev–Trinajstić information content (AvgIpc) is 3.93. The Morgan fingerprint density at radius 2 is 1.88 bits per heavy atom. The summed E-state index contributed by atoms with van der Waals surface area (Å²) in [7, 11) is -4.56. The van der Waals surface area contributed by atoms with Crippen molar-refractivity contribution in [2.24, 2.45) is 5.92 Å². The van der Waals surface area contributed by atoms with Crippen molar-refractivity contribution in [1.82, 2.24) is 19.6 Å². The highest BCUT2D eigenvalue weighted by Crippen LogP contribution is 2.41. The van der Waals surface area contributed by atoms with E-state index >= 15 is 0 Å². The van der Waals surface area contributed by atoms with Gasteiger partial charge < -0.3 is 20.1 Å². The maximum atomic E-state index is 13.9. The molecule has 0 spiro atoms. The Labute approximate surface area is 350 Å². The number of nitro groups is 1. The molecule has 8 rings (SSSR count). The van der Waals surface area contributed by atoms with E-state index < -0.39 is 37.0 Å². The molecule has 2 fully saturated rings. The first-order valence-electron chi connectivity index (χ1n) is 21.0. The minimum Gasteiger partial charge on any atom is -0.455 e. The van der Waals surface area contributed by atoms with Gasteiger partial charge in [0.25, 0.3) is 21.6 Å². The number of amides is 1. The van der Waals surface area contributed by atoms with Crippen LogP contribution < -0.4 is 14.8 Å². The van der Waals surface area contributed by atoms with Crippen LogP contribution in [0.4, 0.5) is 11.4 Å². The zero-order valence-electron chi connectivity index (χ0n) is 34.0. The summed E-state index contributed by atoms with van der Waals surface area (Å²) in [6.07, 6.45) is 14.4. The summed E-state index contributed by atoms with van der Waals surface area (Å²) < 4.78 is 35.8. The van der Waals surface area contributed by atoms with Crippen LogP contribution >= 0.6 is 0 Å². The molecule has 60 heavy (non-hydrogen) atoms. The first kappa shape index (κ1) is 41.2. The van der Waals surface area contributed by atoms with Crippen molar-refractivity contribution in [2.45, 2.75) is 101 Å². The zero-order valence-corrected chi connectivity index (χ0v) is 34.8. The minimum absolute atomic E-state index is 0.0282. The smallest absolute Gasteiger partial charge is 0.293 e. The van der Waals surface area contributed by atoms with Crippen molar-refractivity contribution in [3.8, 4) is 11.5 Å².